The van der Waals surface area contributed by atoms with E-state index in [2.05, 4.69) is 37.9 Å². The summed E-state index contributed by atoms with van der Waals surface area (Å²) >= 11 is 9.28. The number of alkyl halides is 1. The summed E-state index contributed by atoms with van der Waals surface area (Å²) in [5.41, 5.74) is 2.14. The predicted octanol–water partition coefficient (Wildman–Crippen LogP) is 4.22. The zero-order chi connectivity index (χ0) is 13.0. The molecule has 2 aromatic rings. The number of halogens is 2. The highest BCUT2D eigenvalue weighted by Gasteiger charge is 2.04. The number of hydrogen-bond acceptors (Lipinski definition) is 2. The molecule has 0 radical (unpaired) electrons. The first kappa shape index (κ1) is 13.4. The molecule has 0 saturated heterocycles. The van der Waals surface area contributed by atoms with Crippen LogP contribution >= 0.6 is 27.5 Å². The van der Waals surface area contributed by atoms with Crippen molar-refractivity contribution >= 4 is 33.3 Å². The molecule has 0 aliphatic rings. The van der Waals surface area contributed by atoms with Crippen LogP contribution in [0.15, 0.2) is 46.9 Å². The Morgan fingerprint density at radius 1 is 1.22 bits per heavy atom. The summed E-state index contributed by atoms with van der Waals surface area (Å²) in [6.07, 6.45) is 0. The van der Waals surface area contributed by atoms with E-state index in [4.69, 9.17) is 11.6 Å². The summed E-state index contributed by atoms with van der Waals surface area (Å²) in [4.78, 5) is 6.60. The van der Waals surface area contributed by atoms with Gasteiger partial charge in [-0.3, -0.25) is 0 Å². The van der Waals surface area contributed by atoms with Gasteiger partial charge in [0.15, 0.2) is 0 Å². The van der Waals surface area contributed by atoms with Crippen LogP contribution in [-0.2, 0) is 12.4 Å². The molecule has 2 rings (SSSR count). The van der Waals surface area contributed by atoms with Crippen LogP contribution in [0.4, 0.5) is 5.82 Å². The van der Waals surface area contributed by atoms with Crippen LogP contribution in [0.1, 0.15) is 11.3 Å². The Hall–Kier alpha value is -1.06. The molecule has 0 aliphatic heterocycles. The average molecular weight is 326 g/mol. The van der Waals surface area contributed by atoms with Crippen LogP contribution in [0, 0.1) is 0 Å². The van der Waals surface area contributed by atoms with Crippen molar-refractivity contribution in [3.05, 3.63) is 58.2 Å². The van der Waals surface area contributed by atoms with Gasteiger partial charge in [0.1, 0.15) is 5.82 Å². The molecule has 0 bridgehead atoms. The van der Waals surface area contributed by atoms with E-state index in [1.165, 1.54) is 5.56 Å². The highest BCUT2D eigenvalue weighted by Crippen LogP contribution is 2.17. The summed E-state index contributed by atoms with van der Waals surface area (Å²) in [5.74, 6) is 1.38. The van der Waals surface area contributed by atoms with Gasteiger partial charge in [0.05, 0.1) is 11.6 Å². The van der Waals surface area contributed by atoms with Crippen molar-refractivity contribution in [2.75, 3.05) is 11.9 Å². The molecule has 0 saturated carbocycles. The number of nitrogens with zero attached hydrogens (tertiary/aromatic N) is 2. The molecule has 94 valence electrons. The van der Waals surface area contributed by atoms with Crippen LogP contribution in [0.2, 0.25) is 0 Å². The topological polar surface area (TPSA) is 16.1 Å². The summed E-state index contributed by atoms with van der Waals surface area (Å²) in [6, 6.07) is 14.2. The summed E-state index contributed by atoms with van der Waals surface area (Å²) < 4.78 is 1.09. The first-order chi connectivity index (χ1) is 8.69. The Bertz CT molecular complexity index is 531. The van der Waals surface area contributed by atoms with Crippen molar-refractivity contribution in [2.24, 2.45) is 0 Å². The van der Waals surface area contributed by atoms with Gasteiger partial charge in [-0.05, 0) is 29.8 Å². The average Bonchev–Trinajstić information content (AvgIpc) is 2.39. The van der Waals surface area contributed by atoms with Crippen molar-refractivity contribution < 1.29 is 0 Å². The molecule has 1 aromatic heterocycles. The molecule has 0 amide bonds. The normalized spacial score (nSPS) is 10.4. The summed E-state index contributed by atoms with van der Waals surface area (Å²) in [6.45, 7) is 0.818. The van der Waals surface area contributed by atoms with E-state index >= 15 is 0 Å². The minimum absolute atomic E-state index is 0.443. The number of benzene rings is 1. The molecule has 0 atom stereocenters. The maximum absolute atomic E-state index is 5.80. The van der Waals surface area contributed by atoms with Gasteiger partial charge in [-0.1, -0.05) is 34.1 Å². The number of hydrogen-bond donors (Lipinski definition) is 0. The van der Waals surface area contributed by atoms with Gasteiger partial charge in [-0.2, -0.15) is 0 Å². The molecule has 0 N–H and O–H groups in total. The van der Waals surface area contributed by atoms with E-state index in [0.29, 0.717) is 5.88 Å². The maximum atomic E-state index is 5.80. The molecular formula is C14H14BrClN2. The fraction of sp³-hybridized carbons (Fsp3) is 0.214. The first-order valence-corrected chi connectivity index (χ1v) is 6.99. The maximum Gasteiger partial charge on any atom is 0.128 e. The van der Waals surface area contributed by atoms with Crippen molar-refractivity contribution in [2.45, 2.75) is 12.4 Å². The molecule has 0 fully saturated rings. The third-order valence-electron chi connectivity index (χ3n) is 2.63. The Balaban J connectivity index is 2.13. The number of rotatable bonds is 4. The second-order valence-electron chi connectivity index (χ2n) is 4.11. The lowest BCUT2D eigenvalue weighted by Crippen LogP contribution is -2.17. The quantitative estimate of drug-likeness (QED) is 0.782. The van der Waals surface area contributed by atoms with Crippen LogP contribution < -0.4 is 4.90 Å². The molecule has 1 heterocycles. The molecule has 1 aromatic carbocycles. The fourth-order valence-electron chi connectivity index (χ4n) is 1.74. The minimum atomic E-state index is 0.443. The highest BCUT2D eigenvalue weighted by molar-refractivity contribution is 9.10. The molecule has 0 spiro atoms. The zero-order valence-corrected chi connectivity index (χ0v) is 12.4. The molecule has 0 aliphatic carbocycles. The molecule has 4 heteroatoms. The lowest BCUT2D eigenvalue weighted by atomic mass is 10.2. The SMILES string of the molecule is CN(Cc1cccc(Br)c1)c1cccc(CCl)n1. The monoisotopic (exact) mass is 324 g/mol. The molecule has 2 nitrogen and oxygen atoms in total. The fourth-order valence-corrected chi connectivity index (χ4v) is 2.34. The van der Waals surface area contributed by atoms with Crippen molar-refractivity contribution in [1.29, 1.82) is 0 Å². The van der Waals surface area contributed by atoms with Gasteiger partial charge in [0.25, 0.3) is 0 Å². The van der Waals surface area contributed by atoms with Gasteiger partial charge >= 0.3 is 0 Å². The van der Waals surface area contributed by atoms with Gasteiger partial charge in [0, 0.05) is 18.1 Å². The Labute approximate surface area is 121 Å². The van der Waals surface area contributed by atoms with Crippen molar-refractivity contribution in [1.82, 2.24) is 4.98 Å². The van der Waals surface area contributed by atoms with Crippen LogP contribution in [0.5, 0.6) is 0 Å². The third kappa shape index (κ3) is 3.47. The Kier molecular flexibility index (Phi) is 4.61. The second kappa shape index (κ2) is 6.21. The second-order valence-corrected chi connectivity index (χ2v) is 5.29. The molecule has 0 unspecified atom stereocenters. The highest BCUT2D eigenvalue weighted by atomic mass is 79.9. The van der Waals surface area contributed by atoms with E-state index in [9.17, 15) is 0 Å². The van der Waals surface area contributed by atoms with E-state index in [0.717, 1.165) is 22.5 Å². The largest absolute Gasteiger partial charge is 0.355 e. The van der Waals surface area contributed by atoms with Crippen LogP contribution in [0.25, 0.3) is 0 Å². The van der Waals surface area contributed by atoms with Gasteiger partial charge < -0.3 is 4.90 Å². The lowest BCUT2D eigenvalue weighted by molar-refractivity contribution is 0.890. The minimum Gasteiger partial charge on any atom is -0.355 e. The summed E-state index contributed by atoms with van der Waals surface area (Å²) in [7, 11) is 2.03. The zero-order valence-electron chi connectivity index (χ0n) is 10.1. The van der Waals surface area contributed by atoms with Gasteiger partial charge in [-0.25, -0.2) is 4.98 Å². The number of aromatic nitrogens is 1. The van der Waals surface area contributed by atoms with E-state index in [-0.39, 0.29) is 0 Å². The Morgan fingerprint density at radius 2 is 2.00 bits per heavy atom. The molecule has 18 heavy (non-hydrogen) atoms. The smallest absolute Gasteiger partial charge is 0.128 e. The Morgan fingerprint density at radius 3 is 2.72 bits per heavy atom. The van der Waals surface area contributed by atoms with Crippen LogP contribution in [0.3, 0.4) is 0 Å². The third-order valence-corrected chi connectivity index (χ3v) is 3.40. The van der Waals surface area contributed by atoms with E-state index in [1.54, 1.807) is 0 Å². The van der Waals surface area contributed by atoms with Gasteiger partial charge in [0.2, 0.25) is 0 Å². The van der Waals surface area contributed by atoms with E-state index < -0.39 is 0 Å². The number of anilines is 1. The standard InChI is InChI=1S/C14H14BrClN2/c1-18(10-11-4-2-5-12(15)8-11)14-7-3-6-13(9-16)17-14/h2-8H,9-10H2,1H3. The van der Waals surface area contributed by atoms with Crippen LogP contribution in [-0.4, -0.2) is 12.0 Å². The number of pyridine rings is 1. The first-order valence-electron chi connectivity index (χ1n) is 5.66. The van der Waals surface area contributed by atoms with Gasteiger partial charge in [-0.15, -0.1) is 11.6 Å². The van der Waals surface area contributed by atoms with Crippen molar-refractivity contribution in [3.63, 3.8) is 0 Å². The van der Waals surface area contributed by atoms with E-state index in [1.807, 2.05) is 37.4 Å². The van der Waals surface area contributed by atoms with Crippen molar-refractivity contribution in [3.8, 4) is 0 Å². The predicted molar refractivity (Wildman–Crippen MR) is 80.0 cm³/mol. The summed E-state index contributed by atoms with van der Waals surface area (Å²) in [5, 5.41) is 0. The lowest BCUT2D eigenvalue weighted by Gasteiger charge is -2.18. The molecular weight excluding hydrogens is 312 g/mol.